The van der Waals surface area contributed by atoms with Crippen molar-refractivity contribution in [1.29, 1.82) is 0 Å². The van der Waals surface area contributed by atoms with E-state index in [1.165, 1.54) is 0 Å². The first-order valence-electron chi connectivity index (χ1n) is 10.1. The molecule has 0 bridgehead atoms. The molecule has 13 nitrogen and oxygen atoms in total. The largest absolute Gasteiger partial charge is 0.481 e. The molecule has 0 aromatic carbocycles. The fourth-order valence-corrected chi connectivity index (χ4v) is 2.56. The molecular weight excluding hydrogens is 426 g/mol. The van der Waals surface area contributed by atoms with E-state index in [0.29, 0.717) is 0 Å². The third-order valence-electron chi connectivity index (χ3n) is 4.57. The fourth-order valence-electron chi connectivity index (χ4n) is 2.56. The Kier molecular flexibility index (Phi) is 11.9. The second-order valence-electron chi connectivity index (χ2n) is 8.06. The summed E-state index contributed by atoms with van der Waals surface area (Å²) in [5.41, 5.74) is 10.9. The van der Waals surface area contributed by atoms with Crippen LogP contribution in [0.25, 0.3) is 0 Å². The zero-order chi connectivity index (χ0) is 25.2. The molecule has 0 saturated heterocycles. The first-order chi connectivity index (χ1) is 14.7. The van der Waals surface area contributed by atoms with Crippen LogP contribution in [0.2, 0.25) is 0 Å². The molecule has 4 atom stereocenters. The molecule has 0 aromatic heterocycles. The predicted octanol–water partition coefficient (Wildman–Crippen LogP) is -2.10. The minimum atomic E-state index is -1.54. The zero-order valence-corrected chi connectivity index (χ0v) is 18.6. The summed E-state index contributed by atoms with van der Waals surface area (Å²) in [6, 6.07) is -5.17. The van der Waals surface area contributed by atoms with Crippen molar-refractivity contribution in [2.75, 3.05) is 0 Å². The number of carbonyl (C=O) groups is 6. The monoisotopic (exact) mass is 459 g/mol. The molecular formula is C19H33N5O8. The van der Waals surface area contributed by atoms with Crippen molar-refractivity contribution in [1.82, 2.24) is 16.0 Å². The number of aliphatic carboxylic acids is 2. The Morgan fingerprint density at radius 2 is 1.28 bits per heavy atom. The Morgan fingerprint density at radius 1 is 0.781 bits per heavy atom. The van der Waals surface area contributed by atoms with Crippen LogP contribution >= 0.6 is 0 Å². The topological polar surface area (TPSA) is 231 Å². The van der Waals surface area contributed by atoms with Gasteiger partial charge in [0.05, 0.1) is 12.5 Å². The normalized spacial score (nSPS) is 14.7. The standard InChI is InChI=1S/C19H33N5O8/c1-8(2)14(21)18(30)22-10(5-6-13(26)27)16(28)23-11(7-12(20)25)17(29)24-15(9(3)4)19(31)32/h8-11,14-15H,5-7,21H2,1-4H3,(H2,20,25)(H,22,30)(H,23,28)(H,24,29)(H,26,27)(H,31,32). The Bertz CT molecular complexity index is 725. The molecule has 0 saturated carbocycles. The van der Waals surface area contributed by atoms with Crippen LogP contribution in [-0.4, -0.2) is 69.9 Å². The predicted molar refractivity (Wildman–Crippen MR) is 112 cm³/mol. The SMILES string of the molecule is CC(C)C(N)C(=O)NC(CCC(=O)O)C(=O)NC(CC(N)=O)C(=O)NC(C(=O)O)C(C)C. The smallest absolute Gasteiger partial charge is 0.326 e. The van der Waals surface area contributed by atoms with Crippen LogP contribution < -0.4 is 27.4 Å². The van der Waals surface area contributed by atoms with Gasteiger partial charge in [-0.05, 0) is 18.3 Å². The minimum absolute atomic E-state index is 0.268. The van der Waals surface area contributed by atoms with Gasteiger partial charge in [0.25, 0.3) is 0 Å². The molecule has 32 heavy (non-hydrogen) atoms. The van der Waals surface area contributed by atoms with Crippen LogP contribution in [0.1, 0.15) is 47.0 Å². The Balaban J connectivity index is 5.59. The van der Waals surface area contributed by atoms with Gasteiger partial charge in [-0.3, -0.25) is 24.0 Å². The van der Waals surface area contributed by atoms with Gasteiger partial charge in [-0.25, -0.2) is 4.79 Å². The maximum absolute atomic E-state index is 12.7. The number of nitrogens with one attached hydrogen (secondary N) is 3. The average Bonchev–Trinajstić information content (AvgIpc) is 2.66. The Morgan fingerprint density at radius 3 is 1.69 bits per heavy atom. The molecule has 0 spiro atoms. The molecule has 0 aliphatic rings. The number of hydrogen-bond donors (Lipinski definition) is 7. The molecule has 0 fully saturated rings. The van der Waals surface area contributed by atoms with Gasteiger partial charge in [-0.2, -0.15) is 0 Å². The van der Waals surface area contributed by atoms with E-state index in [4.69, 9.17) is 16.6 Å². The van der Waals surface area contributed by atoms with Crippen molar-refractivity contribution < 1.29 is 39.0 Å². The molecule has 0 heterocycles. The minimum Gasteiger partial charge on any atom is -0.481 e. The van der Waals surface area contributed by atoms with Crippen molar-refractivity contribution in [2.45, 2.75) is 71.1 Å². The second-order valence-corrected chi connectivity index (χ2v) is 8.06. The van der Waals surface area contributed by atoms with E-state index >= 15 is 0 Å². The van der Waals surface area contributed by atoms with Gasteiger partial charge >= 0.3 is 11.9 Å². The van der Waals surface area contributed by atoms with Crippen LogP contribution in [0, 0.1) is 11.8 Å². The van der Waals surface area contributed by atoms with Gasteiger partial charge in [0.15, 0.2) is 0 Å². The highest BCUT2D eigenvalue weighted by atomic mass is 16.4. The van der Waals surface area contributed by atoms with E-state index in [1.54, 1.807) is 27.7 Å². The van der Waals surface area contributed by atoms with E-state index < -0.39 is 78.5 Å². The molecule has 0 aliphatic carbocycles. The lowest BCUT2D eigenvalue weighted by molar-refractivity contribution is -0.143. The molecule has 0 rings (SSSR count). The number of primary amides is 1. The highest BCUT2D eigenvalue weighted by Gasteiger charge is 2.32. The summed E-state index contributed by atoms with van der Waals surface area (Å²) in [6.45, 7) is 6.46. The zero-order valence-electron chi connectivity index (χ0n) is 18.6. The summed E-state index contributed by atoms with van der Waals surface area (Å²) in [7, 11) is 0. The van der Waals surface area contributed by atoms with Gasteiger partial charge in [0.1, 0.15) is 18.1 Å². The van der Waals surface area contributed by atoms with E-state index in [-0.39, 0.29) is 12.3 Å². The molecule has 0 aromatic rings. The number of amides is 4. The summed E-state index contributed by atoms with van der Waals surface area (Å²) in [5, 5.41) is 25.0. The Hall–Kier alpha value is -3.22. The third-order valence-corrected chi connectivity index (χ3v) is 4.57. The number of carbonyl (C=O) groups excluding carboxylic acids is 4. The third kappa shape index (κ3) is 10.2. The van der Waals surface area contributed by atoms with Gasteiger partial charge in [0.2, 0.25) is 23.6 Å². The first-order valence-corrected chi connectivity index (χ1v) is 10.1. The highest BCUT2D eigenvalue weighted by Crippen LogP contribution is 2.06. The van der Waals surface area contributed by atoms with Gasteiger partial charge in [-0.15, -0.1) is 0 Å². The van der Waals surface area contributed by atoms with Crippen LogP contribution in [0.4, 0.5) is 0 Å². The molecule has 4 amide bonds. The van der Waals surface area contributed by atoms with Crippen LogP contribution in [0.5, 0.6) is 0 Å². The summed E-state index contributed by atoms with van der Waals surface area (Å²) >= 11 is 0. The summed E-state index contributed by atoms with van der Waals surface area (Å²) in [6.07, 6.45) is -1.43. The maximum Gasteiger partial charge on any atom is 0.326 e. The average molecular weight is 460 g/mol. The molecule has 182 valence electrons. The van der Waals surface area contributed by atoms with E-state index in [0.717, 1.165) is 0 Å². The molecule has 0 aliphatic heterocycles. The summed E-state index contributed by atoms with van der Waals surface area (Å²) < 4.78 is 0. The quantitative estimate of drug-likeness (QED) is 0.151. The van der Waals surface area contributed by atoms with Crippen molar-refractivity contribution in [3.05, 3.63) is 0 Å². The number of carboxylic acid groups (broad SMARTS) is 2. The van der Waals surface area contributed by atoms with E-state index in [2.05, 4.69) is 16.0 Å². The first kappa shape index (κ1) is 28.8. The highest BCUT2D eigenvalue weighted by molar-refractivity contribution is 5.96. The van der Waals surface area contributed by atoms with Crippen molar-refractivity contribution in [2.24, 2.45) is 23.3 Å². The fraction of sp³-hybridized carbons (Fsp3) is 0.684. The summed E-state index contributed by atoms with van der Waals surface area (Å²) in [4.78, 5) is 71.2. The lowest BCUT2D eigenvalue weighted by Gasteiger charge is -2.25. The molecule has 9 N–H and O–H groups in total. The van der Waals surface area contributed by atoms with Crippen LogP contribution in [0.3, 0.4) is 0 Å². The molecule has 13 heteroatoms. The Labute approximate surface area is 185 Å². The number of carboxylic acids is 2. The van der Waals surface area contributed by atoms with Crippen LogP contribution in [0.15, 0.2) is 0 Å². The van der Waals surface area contributed by atoms with E-state index in [9.17, 15) is 33.9 Å². The van der Waals surface area contributed by atoms with Crippen LogP contribution in [-0.2, 0) is 28.8 Å². The number of nitrogens with two attached hydrogens (primary N) is 2. The molecule has 0 radical (unpaired) electrons. The summed E-state index contributed by atoms with van der Waals surface area (Å²) in [5.74, 6) is -6.88. The van der Waals surface area contributed by atoms with Crippen molar-refractivity contribution in [3.63, 3.8) is 0 Å². The van der Waals surface area contributed by atoms with Gasteiger partial charge in [0, 0.05) is 6.42 Å². The second kappa shape index (κ2) is 13.2. The molecule has 4 unspecified atom stereocenters. The van der Waals surface area contributed by atoms with Crippen molar-refractivity contribution >= 4 is 35.6 Å². The number of hydrogen-bond acceptors (Lipinski definition) is 7. The van der Waals surface area contributed by atoms with Crippen molar-refractivity contribution in [3.8, 4) is 0 Å². The number of rotatable bonds is 14. The van der Waals surface area contributed by atoms with Gasteiger partial charge < -0.3 is 37.6 Å². The van der Waals surface area contributed by atoms with Gasteiger partial charge in [-0.1, -0.05) is 27.7 Å². The lowest BCUT2D eigenvalue weighted by Crippen LogP contribution is -2.58. The lowest BCUT2D eigenvalue weighted by atomic mass is 10.0. The maximum atomic E-state index is 12.7. The van der Waals surface area contributed by atoms with E-state index in [1.807, 2.05) is 0 Å².